The van der Waals surface area contributed by atoms with Gasteiger partial charge in [0.2, 0.25) is 10.0 Å². The molecule has 0 aliphatic heterocycles. The highest BCUT2D eigenvalue weighted by Gasteiger charge is 2.37. The van der Waals surface area contributed by atoms with E-state index in [0.717, 1.165) is 6.42 Å². The molecule has 1 aromatic carbocycles. The maximum atomic E-state index is 12.3. The first-order valence-corrected chi connectivity index (χ1v) is 7.57. The van der Waals surface area contributed by atoms with E-state index in [9.17, 15) is 13.2 Å². The van der Waals surface area contributed by atoms with E-state index in [0.29, 0.717) is 17.0 Å². The van der Waals surface area contributed by atoms with Crippen LogP contribution in [0.25, 0.3) is 0 Å². The summed E-state index contributed by atoms with van der Waals surface area (Å²) >= 11 is 0. The smallest absolute Gasteiger partial charge is 0.335 e. The van der Waals surface area contributed by atoms with Crippen LogP contribution in [0, 0.1) is 19.8 Å². The molecule has 1 aliphatic rings. The molecule has 19 heavy (non-hydrogen) atoms. The highest BCUT2D eigenvalue weighted by atomic mass is 32.2. The van der Waals surface area contributed by atoms with Crippen molar-refractivity contribution in [1.29, 1.82) is 0 Å². The third-order valence-corrected chi connectivity index (χ3v) is 5.19. The number of rotatable bonds is 4. The Morgan fingerprint density at radius 2 is 1.95 bits per heavy atom. The van der Waals surface area contributed by atoms with Crippen LogP contribution in [0.15, 0.2) is 17.0 Å². The Labute approximate surface area is 112 Å². The van der Waals surface area contributed by atoms with Crippen LogP contribution in [0.5, 0.6) is 0 Å². The lowest BCUT2D eigenvalue weighted by Crippen LogP contribution is -2.28. The summed E-state index contributed by atoms with van der Waals surface area (Å²) in [4.78, 5) is 11.1. The quantitative estimate of drug-likeness (QED) is 0.880. The second-order valence-electron chi connectivity index (χ2n) is 5.16. The van der Waals surface area contributed by atoms with Crippen LogP contribution in [0.4, 0.5) is 0 Å². The second kappa shape index (κ2) is 4.61. The zero-order valence-corrected chi connectivity index (χ0v) is 11.9. The maximum Gasteiger partial charge on any atom is 0.335 e. The van der Waals surface area contributed by atoms with Crippen LogP contribution in [0.2, 0.25) is 0 Å². The van der Waals surface area contributed by atoms with E-state index >= 15 is 0 Å². The average Bonchev–Trinajstić information content (AvgIpc) is 2.96. The van der Waals surface area contributed by atoms with E-state index in [1.165, 1.54) is 12.1 Å². The molecule has 0 radical (unpaired) electrons. The monoisotopic (exact) mass is 283 g/mol. The zero-order valence-electron chi connectivity index (χ0n) is 11.1. The Balaban J connectivity index is 2.45. The standard InChI is InChI=1S/C13H17NO4S/c1-7-4-10(13(15)16)6-12(9(7)3)19(17,18)14-11-5-8(11)2/h4,6,8,11,14H,5H2,1-3H3,(H,15,16). The molecule has 5 nitrogen and oxygen atoms in total. The molecule has 2 N–H and O–H groups in total. The molecule has 2 rings (SSSR count). The number of hydrogen-bond donors (Lipinski definition) is 2. The molecule has 2 unspecified atom stereocenters. The summed E-state index contributed by atoms with van der Waals surface area (Å²) in [5, 5.41) is 9.01. The van der Waals surface area contributed by atoms with Crippen molar-refractivity contribution in [3.63, 3.8) is 0 Å². The first-order valence-electron chi connectivity index (χ1n) is 6.09. The molecule has 1 saturated carbocycles. The van der Waals surface area contributed by atoms with Gasteiger partial charge in [-0.25, -0.2) is 17.9 Å². The van der Waals surface area contributed by atoms with Gasteiger partial charge in [0.25, 0.3) is 0 Å². The van der Waals surface area contributed by atoms with Crippen LogP contribution < -0.4 is 4.72 Å². The van der Waals surface area contributed by atoms with Crippen molar-refractivity contribution in [2.75, 3.05) is 0 Å². The van der Waals surface area contributed by atoms with Crippen LogP contribution in [-0.4, -0.2) is 25.5 Å². The zero-order chi connectivity index (χ0) is 14.4. The average molecular weight is 283 g/mol. The lowest BCUT2D eigenvalue weighted by molar-refractivity contribution is 0.0696. The van der Waals surface area contributed by atoms with E-state index in [-0.39, 0.29) is 16.5 Å². The molecule has 1 aromatic rings. The molecular weight excluding hydrogens is 266 g/mol. The van der Waals surface area contributed by atoms with Gasteiger partial charge in [-0.15, -0.1) is 0 Å². The van der Waals surface area contributed by atoms with Gasteiger partial charge in [-0.05, 0) is 49.4 Å². The van der Waals surface area contributed by atoms with Crippen LogP contribution in [0.1, 0.15) is 34.8 Å². The normalized spacial score (nSPS) is 22.3. The summed E-state index contributed by atoms with van der Waals surface area (Å²) in [7, 11) is -3.65. The highest BCUT2D eigenvalue weighted by molar-refractivity contribution is 7.89. The van der Waals surface area contributed by atoms with Crippen molar-refractivity contribution in [2.45, 2.75) is 38.1 Å². The number of nitrogens with one attached hydrogen (secondary N) is 1. The largest absolute Gasteiger partial charge is 0.478 e. The van der Waals surface area contributed by atoms with E-state index in [1.54, 1.807) is 13.8 Å². The number of aromatic carboxylic acids is 1. The topological polar surface area (TPSA) is 83.5 Å². The van der Waals surface area contributed by atoms with E-state index < -0.39 is 16.0 Å². The lowest BCUT2D eigenvalue weighted by atomic mass is 10.1. The third kappa shape index (κ3) is 2.79. The molecule has 0 aromatic heterocycles. The molecule has 1 aliphatic carbocycles. The minimum atomic E-state index is -3.65. The SMILES string of the molecule is Cc1cc(C(=O)O)cc(S(=O)(=O)NC2CC2C)c1C. The molecule has 0 saturated heterocycles. The molecular formula is C13H17NO4S. The fourth-order valence-electron chi connectivity index (χ4n) is 1.98. The first kappa shape index (κ1) is 14.0. The van der Waals surface area contributed by atoms with Gasteiger partial charge < -0.3 is 5.11 Å². The Morgan fingerprint density at radius 3 is 2.42 bits per heavy atom. The Kier molecular flexibility index (Phi) is 3.40. The van der Waals surface area contributed by atoms with Gasteiger partial charge in [0.15, 0.2) is 0 Å². The number of hydrogen-bond acceptors (Lipinski definition) is 3. The number of benzene rings is 1. The summed E-state index contributed by atoms with van der Waals surface area (Å²) in [6.07, 6.45) is 0.829. The highest BCUT2D eigenvalue weighted by Crippen LogP contribution is 2.31. The fraction of sp³-hybridized carbons (Fsp3) is 0.462. The van der Waals surface area contributed by atoms with Gasteiger partial charge >= 0.3 is 5.97 Å². The first-order chi connectivity index (χ1) is 8.72. The van der Waals surface area contributed by atoms with Gasteiger partial charge in [-0.1, -0.05) is 6.92 Å². The molecule has 1 fully saturated rings. The number of sulfonamides is 1. The summed E-state index contributed by atoms with van der Waals surface area (Å²) in [5.41, 5.74) is 1.24. The van der Waals surface area contributed by atoms with Gasteiger partial charge in [0.05, 0.1) is 10.5 Å². The second-order valence-corrected chi connectivity index (χ2v) is 6.84. The summed E-state index contributed by atoms with van der Waals surface area (Å²) in [6.45, 7) is 5.37. The fourth-order valence-corrected chi connectivity index (χ4v) is 3.68. The molecule has 104 valence electrons. The molecule has 0 spiro atoms. The van der Waals surface area contributed by atoms with Crippen molar-refractivity contribution in [3.8, 4) is 0 Å². The van der Waals surface area contributed by atoms with E-state index in [2.05, 4.69) is 4.72 Å². The van der Waals surface area contributed by atoms with E-state index in [4.69, 9.17) is 5.11 Å². The molecule has 2 atom stereocenters. The van der Waals surface area contributed by atoms with Gasteiger partial charge in [-0.3, -0.25) is 0 Å². The van der Waals surface area contributed by atoms with Gasteiger partial charge in [-0.2, -0.15) is 0 Å². The minimum Gasteiger partial charge on any atom is -0.478 e. The van der Waals surface area contributed by atoms with Crippen molar-refractivity contribution >= 4 is 16.0 Å². The van der Waals surface area contributed by atoms with Crippen LogP contribution >= 0.6 is 0 Å². The Bertz CT molecular complexity index is 636. The van der Waals surface area contributed by atoms with Crippen molar-refractivity contribution in [1.82, 2.24) is 4.72 Å². The van der Waals surface area contributed by atoms with Gasteiger partial charge in [0, 0.05) is 6.04 Å². The predicted molar refractivity (Wildman–Crippen MR) is 70.8 cm³/mol. The lowest BCUT2D eigenvalue weighted by Gasteiger charge is -2.12. The molecule has 0 bridgehead atoms. The number of carbonyl (C=O) groups is 1. The number of carboxylic acid groups (broad SMARTS) is 1. The van der Waals surface area contributed by atoms with Gasteiger partial charge in [0.1, 0.15) is 0 Å². The predicted octanol–water partition coefficient (Wildman–Crippen LogP) is 1.69. The molecule has 6 heteroatoms. The van der Waals surface area contributed by atoms with Crippen LogP contribution in [-0.2, 0) is 10.0 Å². The summed E-state index contributed by atoms with van der Waals surface area (Å²) in [5.74, 6) is -0.779. The van der Waals surface area contributed by atoms with Crippen molar-refractivity contribution < 1.29 is 18.3 Å². The van der Waals surface area contributed by atoms with Crippen molar-refractivity contribution in [2.24, 2.45) is 5.92 Å². The summed E-state index contributed by atoms with van der Waals surface area (Å²) in [6, 6.07) is 2.68. The van der Waals surface area contributed by atoms with E-state index in [1.807, 2.05) is 6.92 Å². The number of aryl methyl sites for hydroxylation is 1. The minimum absolute atomic E-state index is 0.00711. The van der Waals surface area contributed by atoms with Crippen molar-refractivity contribution in [3.05, 3.63) is 28.8 Å². The maximum absolute atomic E-state index is 12.3. The molecule has 0 heterocycles. The molecule has 0 amide bonds. The third-order valence-electron chi connectivity index (χ3n) is 3.57. The Hall–Kier alpha value is -1.40. The van der Waals surface area contributed by atoms with Crippen LogP contribution in [0.3, 0.4) is 0 Å². The summed E-state index contributed by atoms with van der Waals surface area (Å²) < 4.78 is 27.2. The Morgan fingerprint density at radius 1 is 1.37 bits per heavy atom. The number of carboxylic acids is 1.